The average molecular weight is 294 g/mol. The fourth-order valence-electron chi connectivity index (χ4n) is 1.85. The minimum Gasteiger partial charge on any atom is -0.489 e. The van der Waals surface area contributed by atoms with Crippen molar-refractivity contribution in [3.63, 3.8) is 0 Å². The molecule has 0 aliphatic carbocycles. The predicted molar refractivity (Wildman–Crippen MR) is 79.4 cm³/mol. The highest BCUT2D eigenvalue weighted by Gasteiger charge is 2.05. The molecule has 1 atom stereocenters. The Balaban J connectivity index is 2.00. The molecule has 0 amide bonds. The molecule has 0 heterocycles. The molecule has 0 spiro atoms. The Morgan fingerprint density at radius 3 is 2.50 bits per heavy atom. The molecule has 106 valence electrons. The zero-order chi connectivity index (χ0) is 14.5. The van der Waals surface area contributed by atoms with Crippen LogP contribution in [-0.2, 0) is 6.61 Å². The maximum absolute atomic E-state index is 12.9. The maximum Gasteiger partial charge on any atom is 0.124 e. The minimum absolute atomic E-state index is 0.0515. The number of rotatable bonds is 5. The van der Waals surface area contributed by atoms with E-state index < -0.39 is 0 Å². The van der Waals surface area contributed by atoms with Gasteiger partial charge in [0.2, 0.25) is 0 Å². The summed E-state index contributed by atoms with van der Waals surface area (Å²) in [7, 11) is 0. The highest BCUT2D eigenvalue weighted by Crippen LogP contribution is 2.22. The normalized spacial score (nSPS) is 12.2. The van der Waals surface area contributed by atoms with Crippen LogP contribution < -0.4 is 10.5 Å². The van der Waals surface area contributed by atoms with Crippen LogP contribution in [0.25, 0.3) is 0 Å². The molecule has 0 bridgehead atoms. The van der Waals surface area contributed by atoms with Crippen LogP contribution in [0.3, 0.4) is 0 Å². The lowest BCUT2D eigenvalue weighted by Crippen LogP contribution is -2.08. The van der Waals surface area contributed by atoms with Crippen molar-refractivity contribution in [1.29, 1.82) is 0 Å². The van der Waals surface area contributed by atoms with Crippen LogP contribution in [0.15, 0.2) is 42.5 Å². The number of benzene rings is 2. The molecule has 20 heavy (non-hydrogen) atoms. The van der Waals surface area contributed by atoms with Gasteiger partial charge in [0.25, 0.3) is 0 Å². The monoisotopic (exact) mass is 293 g/mol. The van der Waals surface area contributed by atoms with Crippen LogP contribution in [0.4, 0.5) is 4.39 Å². The first-order valence-corrected chi connectivity index (χ1v) is 6.90. The van der Waals surface area contributed by atoms with Crippen LogP contribution in [0.5, 0.6) is 5.75 Å². The smallest absolute Gasteiger partial charge is 0.124 e. The molecule has 2 N–H and O–H groups in total. The quantitative estimate of drug-likeness (QED) is 0.883. The molecule has 2 aromatic rings. The minimum atomic E-state index is -0.350. The van der Waals surface area contributed by atoms with Crippen molar-refractivity contribution in [3.05, 3.63) is 64.4 Å². The summed E-state index contributed by atoms with van der Waals surface area (Å²) in [4.78, 5) is 0. The van der Waals surface area contributed by atoms with Crippen LogP contribution in [0.1, 0.15) is 30.5 Å². The SMILES string of the molecule is CC[C@H](N)c1ccc(OCc2ccc(F)cc2Cl)cc1. The van der Waals surface area contributed by atoms with Gasteiger partial charge in [0.05, 0.1) is 5.02 Å². The van der Waals surface area contributed by atoms with Gasteiger partial charge in [-0.05, 0) is 36.2 Å². The van der Waals surface area contributed by atoms with E-state index in [0.717, 1.165) is 23.3 Å². The first kappa shape index (κ1) is 14.8. The summed E-state index contributed by atoms with van der Waals surface area (Å²) in [5, 5.41) is 0.370. The summed E-state index contributed by atoms with van der Waals surface area (Å²) in [6.07, 6.45) is 0.894. The van der Waals surface area contributed by atoms with Crippen LogP contribution in [-0.4, -0.2) is 0 Å². The fourth-order valence-corrected chi connectivity index (χ4v) is 2.07. The third-order valence-corrected chi connectivity index (χ3v) is 3.51. The standard InChI is InChI=1S/C16H17ClFNO/c1-2-16(19)11-4-7-14(8-5-11)20-10-12-3-6-13(18)9-15(12)17/h3-9,16H,2,10,19H2,1H3/t16-/m0/s1. The molecule has 0 aliphatic heterocycles. The Labute approximate surface area is 123 Å². The van der Waals surface area contributed by atoms with Crippen molar-refractivity contribution in [2.24, 2.45) is 5.73 Å². The third-order valence-electron chi connectivity index (χ3n) is 3.16. The van der Waals surface area contributed by atoms with E-state index in [2.05, 4.69) is 0 Å². The van der Waals surface area contributed by atoms with E-state index in [1.165, 1.54) is 12.1 Å². The second-order valence-electron chi connectivity index (χ2n) is 4.61. The Bertz CT molecular complexity index is 571. The van der Waals surface area contributed by atoms with Crippen molar-refractivity contribution in [2.75, 3.05) is 0 Å². The fraction of sp³-hybridized carbons (Fsp3) is 0.250. The zero-order valence-corrected chi connectivity index (χ0v) is 12.0. The number of halogens is 2. The van der Waals surface area contributed by atoms with Crippen LogP contribution >= 0.6 is 11.6 Å². The molecule has 0 aliphatic rings. The molecule has 0 unspecified atom stereocenters. The molecule has 2 aromatic carbocycles. The maximum atomic E-state index is 12.9. The van der Waals surface area contributed by atoms with Gasteiger partial charge in [0, 0.05) is 11.6 Å². The predicted octanol–water partition coefficient (Wildman–Crippen LogP) is 4.47. The summed E-state index contributed by atoms with van der Waals surface area (Å²) in [5.41, 5.74) is 7.78. The molecule has 2 rings (SSSR count). The van der Waals surface area contributed by atoms with Crippen molar-refractivity contribution < 1.29 is 9.13 Å². The highest BCUT2D eigenvalue weighted by atomic mass is 35.5. The summed E-state index contributed by atoms with van der Waals surface area (Å²) in [6.45, 7) is 2.35. The second-order valence-corrected chi connectivity index (χ2v) is 5.02. The molecule has 0 saturated heterocycles. The first-order chi connectivity index (χ1) is 9.60. The first-order valence-electron chi connectivity index (χ1n) is 6.52. The Morgan fingerprint density at radius 1 is 1.20 bits per heavy atom. The van der Waals surface area contributed by atoms with Crippen molar-refractivity contribution >= 4 is 11.6 Å². The van der Waals surface area contributed by atoms with Gasteiger partial charge in [-0.15, -0.1) is 0 Å². The van der Waals surface area contributed by atoms with E-state index in [1.807, 2.05) is 31.2 Å². The van der Waals surface area contributed by atoms with Gasteiger partial charge in [-0.25, -0.2) is 4.39 Å². The van der Waals surface area contributed by atoms with Crippen LogP contribution in [0, 0.1) is 5.82 Å². The molecule has 0 aromatic heterocycles. The van der Waals surface area contributed by atoms with Gasteiger partial charge in [-0.2, -0.15) is 0 Å². The molecule has 0 saturated carbocycles. The van der Waals surface area contributed by atoms with Crippen LogP contribution in [0.2, 0.25) is 5.02 Å². The topological polar surface area (TPSA) is 35.2 Å². The molecular weight excluding hydrogens is 277 g/mol. The highest BCUT2D eigenvalue weighted by molar-refractivity contribution is 6.31. The van der Waals surface area contributed by atoms with Crippen molar-refractivity contribution in [1.82, 2.24) is 0 Å². The van der Waals surface area contributed by atoms with E-state index in [-0.39, 0.29) is 11.9 Å². The number of ether oxygens (including phenoxy) is 1. The molecule has 2 nitrogen and oxygen atoms in total. The molecule has 4 heteroatoms. The Kier molecular flexibility index (Phi) is 4.99. The van der Waals surface area contributed by atoms with Gasteiger partial charge in [0.15, 0.2) is 0 Å². The lowest BCUT2D eigenvalue weighted by Gasteiger charge is -2.11. The lowest BCUT2D eigenvalue weighted by atomic mass is 10.1. The van der Waals surface area contributed by atoms with E-state index in [9.17, 15) is 4.39 Å². The summed E-state index contributed by atoms with van der Waals surface area (Å²) >= 11 is 5.94. The van der Waals surface area contributed by atoms with E-state index in [1.54, 1.807) is 6.07 Å². The zero-order valence-electron chi connectivity index (χ0n) is 11.3. The third kappa shape index (κ3) is 3.71. The largest absolute Gasteiger partial charge is 0.489 e. The average Bonchev–Trinajstić information content (AvgIpc) is 2.46. The van der Waals surface area contributed by atoms with E-state index in [0.29, 0.717) is 11.6 Å². The van der Waals surface area contributed by atoms with E-state index >= 15 is 0 Å². The summed E-state index contributed by atoms with van der Waals surface area (Å²) in [5.74, 6) is 0.383. The summed E-state index contributed by atoms with van der Waals surface area (Å²) < 4.78 is 18.6. The van der Waals surface area contributed by atoms with Gasteiger partial charge in [-0.3, -0.25) is 0 Å². The molecule has 0 radical (unpaired) electrons. The molecule has 0 fully saturated rings. The van der Waals surface area contributed by atoms with E-state index in [4.69, 9.17) is 22.1 Å². The number of hydrogen-bond donors (Lipinski definition) is 1. The summed E-state index contributed by atoms with van der Waals surface area (Å²) in [6, 6.07) is 12.0. The number of nitrogens with two attached hydrogens (primary N) is 1. The molecular formula is C16H17ClFNO. The Hall–Kier alpha value is -1.58. The van der Waals surface area contributed by atoms with Gasteiger partial charge in [0.1, 0.15) is 18.2 Å². The Morgan fingerprint density at radius 2 is 1.90 bits per heavy atom. The lowest BCUT2D eigenvalue weighted by molar-refractivity contribution is 0.306. The van der Waals surface area contributed by atoms with Crippen molar-refractivity contribution in [3.8, 4) is 5.75 Å². The van der Waals surface area contributed by atoms with Crippen molar-refractivity contribution in [2.45, 2.75) is 26.0 Å². The van der Waals surface area contributed by atoms with Gasteiger partial charge in [-0.1, -0.05) is 36.7 Å². The van der Waals surface area contributed by atoms with Gasteiger partial charge >= 0.3 is 0 Å². The second kappa shape index (κ2) is 6.73. The number of hydrogen-bond acceptors (Lipinski definition) is 2. The van der Waals surface area contributed by atoms with Gasteiger partial charge < -0.3 is 10.5 Å².